The fraction of sp³-hybridized carbons (Fsp3) is 0.908. The van der Waals surface area contributed by atoms with Crippen molar-refractivity contribution in [1.82, 2.24) is 0 Å². The third-order valence-corrected chi connectivity index (χ3v) is 12.9. The Balaban J connectivity index is -0.000000163. The molecule has 71 heavy (non-hydrogen) atoms. The summed E-state index contributed by atoms with van der Waals surface area (Å²) in [5.74, 6) is 6.35. The minimum atomic E-state index is -3.96. The summed E-state index contributed by atoms with van der Waals surface area (Å²) in [7, 11) is 0. The van der Waals surface area contributed by atoms with Crippen LogP contribution in [0.3, 0.4) is 0 Å². The molecular weight excluding hydrogens is 892 g/mol. The van der Waals surface area contributed by atoms with Gasteiger partial charge < -0.3 is 4.74 Å². The van der Waals surface area contributed by atoms with E-state index in [1.54, 1.807) is 0 Å². The van der Waals surface area contributed by atoms with Crippen LogP contribution in [0.5, 0.6) is 0 Å². The summed E-state index contributed by atoms with van der Waals surface area (Å²) in [6, 6.07) is 10.5. The summed E-state index contributed by atoms with van der Waals surface area (Å²) in [6.07, 6.45) is 33.2. The van der Waals surface area contributed by atoms with Crippen molar-refractivity contribution >= 4 is 0 Å². The van der Waals surface area contributed by atoms with Crippen LogP contribution in [-0.2, 0) is 11.2 Å². The minimum absolute atomic E-state index is 0.542. The van der Waals surface area contributed by atoms with Crippen molar-refractivity contribution in [3.63, 3.8) is 0 Å². The molecule has 5 saturated carbocycles. The molecule has 1 aromatic carbocycles. The third-order valence-electron chi connectivity index (χ3n) is 12.9. The molecule has 432 valence electrons. The summed E-state index contributed by atoms with van der Waals surface area (Å²) >= 11 is 0. The van der Waals surface area contributed by atoms with Gasteiger partial charge in [-0.05, 0) is 60.8 Å². The molecule has 0 aromatic heterocycles. The van der Waals surface area contributed by atoms with Gasteiger partial charge in [0.15, 0.2) is 0 Å². The molecule has 6 fully saturated rings. The Kier molecular flexibility index (Phi) is 70.2. The predicted molar refractivity (Wildman–Crippen MR) is 313 cm³/mol. The average Bonchev–Trinajstić information content (AvgIpc) is 4.27. The molecule has 0 spiro atoms. The molecule has 0 atom stereocenters. The summed E-state index contributed by atoms with van der Waals surface area (Å²) in [5, 5.41) is 0. The number of hydrogen-bond acceptors (Lipinski definition) is 1. The normalized spacial score (nSPS) is 17.0. The number of alkyl halides is 5. The van der Waals surface area contributed by atoms with Crippen LogP contribution in [-0.4, -0.2) is 25.8 Å². The van der Waals surface area contributed by atoms with Gasteiger partial charge in [0.25, 0.3) is 0 Å². The van der Waals surface area contributed by atoms with Gasteiger partial charge in [0, 0.05) is 11.8 Å². The number of rotatable bonds is 9. The Hall–Kier alpha value is -1.17. The second-order valence-electron chi connectivity index (χ2n) is 22.0. The largest absolute Gasteiger partial charge is 0.388 e. The zero-order valence-electron chi connectivity index (χ0n) is 51.6. The molecule has 6 heteroatoms. The number of benzene rings is 1. The second kappa shape index (κ2) is 61.4. The Morgan fingerprint density at radius 2 is 0.817 bits per heavy atom. The average molecular weight is 1020 g/mol. The predicted octanol–water partition coefficient (Wildman–Crippen LogP) is 25.0. The van der Waals surface area contributed by atoms with Crippen molar-refractivity contribution in [2.24, 2.45) is 40.9 Å². The highest BCUT2D eigenvalue weighted by Gasteiger charge is 2.30. The molecule has 0 amide bonds. The second-order valence-corrected chi connectivity index (χ2v) is 22.0. The van der Waals surface area contributed by atoms with Crippen molar-refractivity contribution in [3.8, 4) is 0 Å². The molecule has 1 heterocycles. The summed E-state index contributed by atoms with van der Waals surface area (Å²) < 4.78 is 58.0. The molecule has 6 aliphatic rings. The van der Waals surface area contributed by atoms with E-state index in [1.807, 2.05) is 6.07 Å². The van der Waals surface area contributed by atoms with Gasteiger partial charge in [0.05, 0.1) is 13.2 Å². The maximum Gasteiger partial charge on any atom is 0.388 e. The highest BCUT2D eigenvalue weighted by atomic mass is 19.4. The van der Waals surface area contributed by atoms with Crippen LogP contribution in [0.25, 0.3) is 0 Å². The molecule has 0 unspecified atom stereocenters. The van der Waals surface area contributed by atoms with Crippen LogP contribution in [0.15, 0.2) is 30.3 Å². The topological polar surface area (TPSA) is 9.23 Å². The number of ether oxygens (including phenoxy) is 1. The van der Waals surface area contributed by atoms with E-state index in [0.29, 0.717) is 5.41 Å². The number of unbranched alkanes of at least 4 members (excludes halogenated alkanes) is 3. The van der Waals surface area contributed by atoms with Gasteiger partial charge in [-0.25, -0.2) is 8.78 Å². The van der Waals surface area contributed by atoms with E-state index in [4.69, 9.17) is 4.74 Å². The van der Waals surface area contributed by atoms with E-state index in [9.17, 15) is 22.0 Å². The first-order valence-corrected chi connectivity index (χ1v) is 30.6. The van der Waals surface area contributed by atoms with Gasteiger partial charge >= 0.3 is 6.18 Å². The Bertz CT molecular complexity index is 1010. The molecule has 0 N–H and O–H groups in total. The van der Waals surface area contributed by atoms with E-state index < -0.39 is 19.0 Å². The van der Waals surface area contributed by atoms with E-state index in [-0.39, 0.29) is 0 Å². The molecular formula is C65H131F5O. The lowest BCUT2D eigenvalue weighted by Crippen LogP contribution is -2.38. The number of aryl methyl sites for hydroxylation is 1. The van der Waals surface area contributed by atoms with Crippen molar-refractivity contribution in [2.75, 3.05) is 13.2 Å². The molecule has 1 aliphatic heterocycles. The molecule has 1 nitrogen and oxygen atoms in total. The Morgan fingerprint density at radius 3 is 0.915 bits per heavy atom. The molecule has 1 aromatic rings. The maximum absolute atomic E-state index is 10.8. The highest BCUT2D eigenvalue weighted by molar-refractivity contribution is 5.13. The number of halogens is 5. The lowest BCUT2D eigenvalue weighted by Gasteiger charge is -2.36. The first-order valence-electron chi connectivity index (χ1n) is 30.6. The quantitative estimate of drug-likeness (QED) is 0.224. The van der Waals surface area contributed by atoms with Crippen LogP contribution >= 0.6 is 0 Å². The van der Waals surface area contributed by atoms with Gasteiger partial charge in [-0.3, -0.25) is 0 Å². The van der Waals surface area contributed by atoms with Crippen molar-refractivity contribution in [3.05, 3.63) is 35.9 Å². The Labute approximate surface area is 445 Å². The molecule has 1 saturated heterocycles. The monoisotopic (exact) mass is 1020 g/mol. The van der Waals surface area contributed by atoms with Crippen LogP contribution in [0.1, 0.15) is 317 Å². The van der Waals surface area contributed by atoms with E-state index in [2.05, 4.69) is 142 Å². The fourth-order valence-electron chi connectivity index (χ4n) is 6.33. The molecule has 0 bridgehead atoms. The SMILES string of the molecule is CC(C)C.CC(F)F.CC1CC1.CCC.CCC(F)(F)F.CCC1(C)COC1.CCC1CC1.CCC1CCC1.CCC1CCCC1.CCC1CCCCC1.CCCC.CCCCC.CCc1ccccc1. The Morgan fingerprint density at radius 1 is 0.521 bits per heavy atom. The zero-order chi connectivity index (χ0) is 55.8. The van der Waals surface area contributed by atoms with E-state index in [0.717, 1.165) is 69.0 Å². The van der Waals surface area contributed by atoms with Gasteiger partial charge in [0.2, 0.25) is 6.43 Å². The van der Waals surface area contributed by atoms with Crippen LogP contribution < -0.4 is 0 Å². The summed E-state index contributed by atoms with van der Waals surface area (Å²) in [4.78, 5) is 0. The zero-order valence-corrected chi connectivity index (χ0v) is 51.6. The fourth-order valence-corrected chi connectivity index (χ4v) is 6.33. The van der Waals surface area contributed by atoms with Gasteiger partial charge in [-0.1, -0.05) is 322 Å². The molecule has 7 rings (SSSR count). The van der Waals surface area contributed by atoms with Crippen LogP contribution in [0.2, 0.25) is 0 Å². The van der Waals surface area contributed by atoms with Crippen LogP contribution in [0, 0.1) is 40.9 Å². The van der Waals surface area contributed by atoms with Gasteiger partial charge in [0.1, 0.15) is 0 Å². The first-order chi connectivity index (χ1) is 33.6. The van der Waals surface area contributed by atoms with Crippen molar-refractivity contribution < 1.29 is 26.7 Å². The van der Waals surface area contributed by atoms with Gasteiger partial charge in [-0.15, -0.1) is 0 Å². The summed E-state index contributed by atoms with van der Waals surface area (Å²) in [6.45, 7) is 41.5. The highest BCUT2D eigenvalue weighted by Crippen LogP contribution is 2.32. The maximum atomic E-state index is 10.8. The van der Waals surface area contributed by atoms with Crippen molar-refractivity contribution in [2.45, 2.75) is 330 Å². The van der Waals surface area contributed by atoms with Crippen molar-refractivity contribution in [1.29, 1.82) is 0 Å². The first kappa shape index (κ1) is 81.2. The van der Waals surface area contributed by atoms with E-state index in [1.165, 1.54) is 179 Å². The minimum Gasteiger partial charge on any atom is -0.380 e. The van der Waals surface area contributed by atoms with E-state index >= 15 is 0 Å². The molecule has 0 radical (unpaired) electrons. The lowest BCUT2D eigenvalue weighted by atomic mass is 9.84. The smallest absolute Gasteiger partial charge is 0.380 e. The van der Waals surface area contributed by atoms with Gasteiger partial charge in [-0.2, -0.15) is 13.2 Å². The number of hydrogen-bond donors (Lipinski definition) is 0. The third kappa shape index (κ3) is 83.1. The standard InChI is InChI=1S/C8H16.C8H10.C7H14.C6H12O.C6H12.C5H10.C5H12.C4H8.2C4H10.C3H5F3.C3H8.C2H4F2/c2*1-2-8-6-4-3-5-7-8;1-2-7-5-3-4-6-7;1-3-6(2)4-7-5-6;1-2-6-4-3-5-6;1-2-5-3-4-5;1-3-5-4-2;1-4-2-3-4;1-4(2)3;1-3-4-2;1-2-3(4,5)6;1-3-2;1-2(3)4/h8H,2-7H2,1H3;3-7H,2H2,1H3;7H,2-6H2,1H3;3-5H2,1-2H3;6H,2-5H2,1H3;5H,2-4H2,1H3;3-5H2,1-2H3;4H,2-3H2,1H3;4H,1-3H3;3-4H2,1-2H3;2H2,1H3;3H2,1-2H3;2H,1H3. The molecule has 5 aliphatic carbocycles. The lowest BCUT2D eigenvalue weighted by molar-refractivity contribution is -0.130. The summed E-state index contributed by atoms with van der Waals surface area (Å²) in [5.41, 5.74) is 1.95. The van der Waals surface area contributed by atoms with Crippen LogP contribution in [0.4, 0.5) is 22.0 Å².